The van der Waals surface area contributed by atoms with E-state index >= 15 is 0 Å². The predicted molar refractivity (Wildman–Crippen MR) is 68.7 cm³/mol. The summed E-state index contributed by atoms with van der Waals surface area (Å²) >= 11 is 26.4. The van der Waals surface area contributed by atoms with Gasteiger partial charge in [-0.3, -0.25) is 14.4 Å². The third-order valence-corrected chi connectivity index (χ3v) is 0. The first-order valence-electron chi connectivity index (χ1n) is 3.16. The predicted octanol–water partition coefficient (Wildman–Crippen LogP) is 5.14. The van der Waals surface area contributed by atoms with Crippen LogP contribution in [0, 0.1) is 0 Å². The second-order valence-electron chi connectivity index (χ2n) is 1.77. The van der Waals surface area contributed by atoms with E-state index < -0.39 is 14.1 Å². The van der Waals surface area contributed by atoms with Gasteiger partial charge < -0.3 is 5.11 Å². The SMILES string of the molecule is CC(C)O.O=C(Cl)Cl.O=C(Cl)Cl.O=C(Cl)Cl. The zero-order valence-corrected chi connectivity index (χ0v) is 12.6. The monoisotopic (exact) mass is 354 g/mol. The van der Waals surface area contributed by atoms with Crippen LogP contribution in [0.1, 0.15) is 13.8 Å². The Balaban J connectivity index is -0.0000000600. The van der Waals surface area contributed by atoms with Gasteiger partial charge in [-0.15, -0.1) is 0 Å². The van der Waals surface area contributed by atoms with Crippen molar-refractivity contribution in [3.63, 3.8) is 0 Å². The number of rotatable bonds is 0. The van der Waals surface area contributed by atoms with Gasteiger partial charge in [0.1, 0.15) is 0 Å². The van der Waals surface area contributed by atoms with E-state index in [2.05, 4.69) is 69.6 Å². The van der Waals surface area contributed by atoms with Crippen molar-refractivity contribution in [3.05, 3.63) is 0 Å². The van der Waals surface area contributed by atoms with Crippen molar-refractivity contribution in [2.75, 3.05) is 0 Å². The van der Waals surface area contributed by atoms with Crippen LogP contribution in [0.5, 0.6) is 0 Å². The van der Waals surface area contributed by atoms with E-state index in [0.29, 0.717) is 0 Å². The highest BCUT2D eigenvalue weighted by Gasteiger charge is 1.72. The van der Waals surface area contributed by atoms with Crippen LogP contribution < -0.4 is 0 Å². The molecule has 1 N–H and O–H groups in total. The lowest BCUT2D eigenvalue weighted by molar-refractivity contribution is 0.216. The number of halogens is 6. The fourth-order valence-electron chi connectivity index (χ4n) is 0. The third kappa shape index (κ3) is 5480. The van der Waals surface area contributed by atoms with Gasteiger partial charge in [0.15, 0.2) is 0 Å². The average Bonchev–Trinajstić information content (AvgIpc) is 1.76. The van der Waals surface area contributed by atoms with Gasteiger partial charge in [-0.1, -0.05) is 0 Å². The molecular formula is C6H8Cl6O4. The molecule has 4 nitrogen and oxygen atoms in total. The van der Waals surface area contributed by atoms with Crippen LogP contribution in [-0.2, 0) is 0 Å². The van der Waals surface area contributed by atoms with Crippen LogP contribution in [-0.4, -0.2) is 25.3 Å². The molecule has 0 radical (unpaired) electrons. The van der Waals surface area contributed by atoms with Crippen molar-refractivity contribution in [2.24, 2.45) is 0 Å². The molecule has 0 heterocycles. The molecule has 0 aliphatic rings. The zero-order valence-electron chi connectivity index (χ0n) is 8.02. The molecule has 10 heteroatoms. The Hall–Kier alpha value is 0.710. The maximum atomic E-state index is 8.98. The quantitative estimate of drug-likeness (QED) is 0.610. The molecule has 0 bridgehead atoms. The van der Waals surface area contributed by atoms with Crippen LogP contribution >= 0.6 is 69.6 Å². The molecule has 0 atom stereocenters. The van der Waals surface area contributed by atoms with E-state index in [0.717, 1.165) is 0 Å². The van der Waals surface area contributed by atoms with E-state index in [1.807, 2.05) is 0 Å². The molecule has 0 aliphatic heterocycles. The summed E-state index contributed by atoms with van der Waals surface area (Å²) in [5.41, 5.74) is 0. The molecule has 0 aromatic carbocycles. The summed E-state index contributed by atoms with van der Waals surface area (Å²) in [6, 6.07) is 0. The van der Waals surface area contributed by atoms with Gasteiger partial charge in [0.25, 0.3) is 0 Å². The topological polar surface area (TPSA) is 71.4 Å². The first kappa shape index (κ1) is 25.5. The van der Waals surface area contributed by atoms with Crippen molar-refractivity contribution in [1.29, 1.82) is 0 Å². The number of aliphatic hydroxyl groups is 1. The van der Waals surface area contributed by atoms with Crippen LogP contribution in [0.2, 0.25) is 0 Å². The molecule has 0 saturated heterocycles. The van der Waals surface area contributed by atoms with E-state index in [4.69, 9.17) is 19.5 Å². The molecule has 16 heavy (non-hydrogen) atoms. The Morgan fingerprint density at radius 3 is 0.750 bits per heavy atom. The Morgan fingerprint density at radius 2 is 0.750 bits per heavy atom. The van der Waals surface area contributed by atoms with Gasteiger partial charge >= 0.3 is 14.1 Å². The molecule has 0 fully saturated rings. The normalized spacial score (nSPS) is 7.12. The van der Waals surface area contributed by atoms with E-state index in [9.17, 15) is 0 Å². The lowest BCUT2D eigenvalue weighted by atomic mass is 10.5. The Bertz CT molecular complexity index is 152. The summed E-state index contributed by atoms with van der Waals surface area (Å²) < 4.78 is -2.67. The van der Waals surface area contributed by atoms with E-state index in [1.54, 1.807) is 13.8 Å². The molecule has 0 aromatic heterocycles. The highest BCUT2D eigenvalue weighted by Crippen LogP contribution is 1.84. The highest BCUT2D eigenvalue weighted by atomic mass is 35.5. The molecule has 0 aromatic rings. The second-order valence-corrected chi connectivity index (χ2v) is 4.41. The summed E-state index contributed by atoms with van der Waals surface area (Å²) in [5.74, 6) is 0. The molecule has 0 spiro atoms. The zero-order chi connectivity index (χ0) is 14.3. The molecule has 0 rings (SSSR count). The van der Waals surface area contributed by atoms with Gasteiger partial charge in [0.05, 0.1) is 0 Å². The number of hydrogen-bond acceptors (Lipinski definition) is 4. The van der Waals surface area contributed by atoms with Gasteiger partial charge in [0, 0.05) is 6.10 Å². The molecular weight excluding hydrogens is 349 g/mol. The molecule has 0 aliphatic carbocycles. The summed E-state index contributed by atoms with van der Waals surface area (Å²) in [6.07, 6.45) is -0.167. The van der Waals surface area contributed by atoms with Crippen molar-refractivity contribution in [1.82, 2.24) is 0 Å². The Morgan fingerprint density at radius 1 is 0.750 bits per heavy atom. The molecule has 0 amide bonds. The van der Waals surface area contributed by atoms with Gasteiger partial charge in [-0.25, -0.2) is 0 Å². The van der Waals surface area contributed by atoms with Gasteiger partial charge in [0.2, 0.25) is 0 Å². The summed E-state index contributed by atoms with van der Waals surface area (Å²) in [7, 11) is 0. The van der Waals surface area contributed by atoms with Gasteiger partial charge in [-0.2, -0.15) is 0 Å². The van der Waals surface area contributed by atoms with E-state index in [1.165, 1.54) is 0 Å². The number of carbonyl (C=O) groups excluding carboxylic acids is 3. The minimum Gasteiger partial charge on any atom is -0.394 e. The Kier molecular flexibility index (Phi) is 33.6. The maximum absolute atomic E-state index is 8.98. The summed E-state index contributed by atoms with van der Waals surface area (Å²) in [6.45, 7) is 3.44. The van der Waals surface area contributed by atoms with Crippen molar-refractivity contribution in [2.45, 2.75) is 20.0 Å². The van der Waals surface area contributed by atoms with E-state index in [-0.39, 0.29) is 6.10 Å². The average molecular weight is 357 g/mol. The fraction of sp³-hybridized carbons (Fsp3) is 0.500. The van der Waals surface area contributed by atoms with Crippen molar-refractivity contribution in [3.8, 4) is 0 Å². The largest absolute Gasteiger partial charge is 0.394 e. The first-order valence-corrected chi connectivity index (χ1v) is 5.43. The third-order valence-electron chi connectivity index (χ3n) is 0. The lowest BCUT2D eigenvalue weighted by Gasteiger charge is -1.80. The standard InChI is InChI=1S/C3H8O.3CCl2O/c1-3(2)4;3*2-1(3)4/h3-4H,1-2H3;;;. The number of carbonyl (C=O) groups is 3. The molecule has 0 unspecified atom stereocenters. The minimum absolute atomic E-state index is 0.167. The van der Waals surface area contributed by atoms with Crippen LogP contribution in [0.25, 0.3) is 0 Å². The first-order chi connectivity index (χ1) is 6.93. The molecule has 0 saturated carbocycles. The number of aliphatic hydroxyl groups excluding tert-OH is 1. The Labute approximate surface area is 123 Å². The van der Waals surface area contributed by atoms with Crippen LogP contribution in [0.4, 0.5) is 14.4 Å². The van der Waals surface area contributed by atoms with Crippen LogP contribution in [0.15, 0.2) is 0 Å². The minimum atomic E-state index is -0.889. The summed E-state index contributed by atoms with van der Waals surface area (Å²) in [4.78, 5) is 26.9. The van der Waals surface area contributed by atoms with Crippen molar-refractivity contribution >= 4 is 83.7 Å². The van der Waals surface area contributed by atoms with Crippen molar-refractivity contribution < 1.29 is 19.5 Å². The van der Waals surface area contributed by atoms with Gasteiger partial charge in [-0.05, 0) is 83.5 Å². The smallest absolute Gasteiger partial charge is 0.313 e. The maximum Gasteiger partial charge on any atom is 0.313 e. The summed E-state index contributed by atoms with van der Waals surface area (Å²) in [5, 5.41) is 8.06. The fourth-order valence-corrected chi connectivity index (χ4v) is 0. The highest BCUT2D eigenvalue weighted by molar-refractivity contribution is 6.94. The lowest BCUT2D eigenvalue weighted by Crippen LogP contribution is -1.85. The number of hydrogen-bond donors (Lipinski definition) is 1. The van der Waals surface area contributed by atoms with Crippen LogP contribution in [0.3, 0.4) is 0 Å². The second kappa shape index (κ2) is 21.0. The molecule has 98 valence electrons.